The molecule has 0 nitrogen and oxygen atoms in total. The molecule has 0 fully saturated rings. The zero-order chi connectivity index (χ0) is 28.7. The smallest absolute Gasteiger partial charge is 0.0159 e. The second-order valence-electron chi connectivity index (χ2n) is 14.0. The molecule has 0 heteroatoms. The van der Waals surface area contributed by atoms with Gasteiger partial charge in [0.05, 0.1) is 0 Å². The van der Waals surface area contributed by atoms with E-state index in [-0.39, 0.29) is 5.41 Å². The van der Waals surface area contributed by atoms with Crippen LogP contribution in [0, 0.1) is 47.3 Å². The van der Waals surface area contributed by atoms with Gasteiger partial charge in [-0.05, 0) is 74.3 Å². The molecule has 2 aromatic carbocycles. The molecule has 8 unspecified atom stereocenters. The van der Waals surface area contributed by atoms with E-state index < -0.39 is 0 Å². The zero-order valence-corrected chi connectivity index (χ0v) is 25.0. The van der Waals surface area contributed by atoms with Gasteiger partial charge in [-0.1, -0.05) is 154 Å². The minimum Gasteiger partial charge on any atom is -0.0807 e. The summed E-state index contributed by atoms with van der Waals surface area (Å²) < 4.78 is 0. The van der Waals surface area contributed by atoms with Crippen molar-refractivity contribution >= 4 is 5.57 Å². The fourth-order valence-electron chi connectivity index (χ4n) is 9.27. The van der Waals surface area contributed by atoms with Gasteiger partial charge in [0.1, 0.15) is 0 Å². The quantitative estimate of drug-likeness (QED) is 0.324. The first-order valence-electron chi connectivity index (χ1n) is 16.2. The number of rotatable bonds is 2. The van der Waals surface area contributed by atoms with Crippen LogP contribution in [0.3, 0.4) is 0 Å². The lowest BCUT2D eigenvalue weighted by Crippen LogP contribution is -2.41. The first-order valence-corrected chi connectivity index (χ1v) is 16.2. The van der Waals surface area contributed by atoms with Gasteiger partial charge in [-0.2, -0.15) is 0 Å². The zero-order valence-electron chi connectivity index (χ0n) is 25.0. The van der Waals surface area contributed by atoms with E-state index >= 15 is 0 Å². The van der Waals surface area contributed by atoms with E-state index in [9.17, 15) is 0 Å². The number of benzene rings is 2. The molecule has 210 valence electrons. The molecule has 0 saturated heterocycles. The summed E-state index contributed by atoms with van der Waals surface area (Å²) in [6.07, 6.45) is 41.2. The molecular weight excluding hydrogens is 516 g/mol. The van der Waals surface area contributed by atoms with Crippen LogP contribution in [0.15, 0.2) is 157 Å². The van der Waals surface area contributed by atoms with Crippen LogP contribution in [0.4, 0.5) is 0 Å². The molecule has 0 aliphatic heterocycles. The third-order valence-electron chi connectivity index (χ3n) is 11.5. The average Bonchev–Trinajstić information content (AvgIpc) is 3.29. The topological polar surface area (TPSA) is 0 Å². The Morgan fingerprint density at radius 3 is 2.16 bits per heavy atom. The van der Waals surface area contributed by atoms with Crippen LogP contribution < -0.4 is 0 Å². The summed E-state index contributed by atoms with van der Waals surface area (Å²) in [6, 6.07) is 16.1. The summed E-state index contributed by atoms with van der Waals surface area (Å²) in [5.41, 5.74) is 11.3. The second kappa shape index (κ2) is 9.42. The van der Waals surface area contributed by atoms with E-state index in [1.165, 1.54) is 44.5 Å². The van der Waals surface area contributed by atoms with Crippen molar-refractivity contribution < 1.29 is 0 Å². The van der Waals surface area contributed by atoms with Crippen LogP contribution in [-0.4, -0.2) is 0 Å². The van der Waals surface area contributed by atoms with Crippen LogP contribution in [-0.2, 0) is 5.41 Å². The standard InChI is InChI=1S/C43H38/c1-43(2)40-14-8-7-12-36(40)37-22-21-30(26-41(37)43)29-18-15-27-16-19-31(24-33(27)23-29)39-25-32-20-17-28-9-3-4-10-34(28)42(32)38-13-6-5-11-35(38)39/h3-28,32-35,38,42H,1-2H3. The van der Waals surface area contributed by atoms with Crippen molar-refractivity contribution in [1.29, 1.82) is 0 Å². The lowest BCUT2D eigenvalue weighted by Gasteiger charge is -2.48. The van der Waals surface area contributed by atoms with E-state index in [1.54, 1.807) is 0 Å². The van der Waals surface area contributed by atoms with Gasteiger partial charge in [-0.25, -0.2) is 0 Å². The molecule has 0 spiro atoms. The minimum atomic E-state index is 0.0190. The van der Waals surface area contributed by atoms with E-state index in [2.05, 4.69) is 160 Å². The van der Waals surface area contributed by atoms with Crippen molar-refractivity contribution in [2.75, 3.05) is 0 Å². The number of hydrogen-bond acceptors (Lipinski definition) is 0. The molecular formula is C43H38. The van der Waals surface area contributed by atoms with Gasteiger partial charge < -0.3 is 0 Å². The van der Waals surface area contributed by atoms with Crippen LogP contribution in [0.2, 0.25) is 0 Å². The normalized spacial score (nSPS) is 34.7. The summed E-state index contributed by atoms with van der Waals surface area (Å²) >= 11 is 0. The summed E-state index contributed by atoms with van der Waals surface area (Å²) in [5, 5.41) is 0. The Labute approximate surface area is 256 Å². The molecule has 0 N–H and O–H groups in total. The van der Waals surface area contributed by atoms with Crippen molar-refractivity contribution in [3.63, 3.8) is 0 Å². The van der Waals surface area contributed by atoms with Gasteiger partial charge in [0, 0.05) is 29.1 Å². The molecule has 9 rings (SSSR count). The van der Waals surface area contributed by atoms with Gasteiger partial charge in [0.2, 0.25) is 0 Å². The Morgan fingerprint density at radius 2 is 1.26 bits per heavy atom. The molecule has 43 heavy (non-hydrogen) atoms. The lowest BCUT2D eigenvalue weighted by atomic mass is 9.56. The molecule has 0 radical (unpaired) electrons. The number of hydrogen-bond donors (Lipinski definition) is 0. The van der Waals surface area contributed by atoms with Crippen LogP contribution in [0.25, 0.3) is 16.7 Å². The van der Waals surface area contributed by atoms with Crippen LogP contribution >= 0.6 is 0 Å². The molecule has 2 aromatic rings. The summed E-state index contributed by atoms with van der Waals surface area (Å²) in [7, 11) is 0. The van der Waals surface area contributed by atoms with Crippen molar-refractivity contribution in [3.8, 4) is 11.1 Å². The van der Waals surface area contributed by atoms with E-state index in [0.29, 0.717) is 47.3 Å². The Morgan fingerprint density at radius 1 is 0.535 bits per heavy atom. The largest absolute Gasteiger partial charge is 0.0807 e. The fourth-order valence-corrected chi connectivity index (χ4v) is 9.27. The first kappa shape index (κ1) is 25.3. The first-order chi connectivity index (χ1) is 21.1. The highest BCUT2D eigenvalue weighted by Gasteiger charge is 2.45. The maximum Gasteiger partial charge on any atom is 0.0159 e. The third kappa shape index (κ3) is 3.82. The molecule has 0 amide bonds. The Hall–Kier alpha value is -4.16. The molecule has 0 bridgehead atoms. The monoisotopic (exact) mass is 554 g/mol. The summed E-state index contributed by atoms with van der Waals surface area (Å²) in [5.74, 6) is 3.98. The maximum atomic E-state index is 2.62. The SMILES string of the molecule is CC1(C)c2ccccc2-c2ccc(C3=CC4C=C(C5=CC6C=CC7C=CC=CC7C6C6C=CC=CC56)C=CC4C=C3)cc21. The van der Waals surface area contributed by atoms with Gasteiger partial charge >= 0.3 is 0 Å². The molecule has 0 saturated carbocycles. The minimum absolute atomic E-state index is 0.0190. The van der Waals surface area contributed by atoms with Crippen molar-refractivity contribution in [3.05, 3.63) is 174 Å². The summed E-state index contributed by atoms with van der Waals surface area (Å²) in [6.45, 7) is 4.74. The van der Waals surface area contributed by atoms with E-state index in [0.717, 1.165) is 0 Å². The van der Waals surface area contributed by atoms with Crippen molar-refractivity contribution in [2.45, 2.75) is 19.3 Å². The van der Waals surface area contributed by atoms with Crippen LogP contribution in [0.1, 0.15) is 30.5 Å². The molecule has 7 aliphatic rings. The molecule has 0 aromatic heterocycles. The molecule has 0 heterocycles. The van der Waals surface area contributed by atoms with Gasteiger partial charge in [-0.15, -0.1) is 0 Å². The fraction of sp³-hybridized carbons (Fsp3) is 0.256. The molecule has 7 aliphatic carbocycles. The Bertz CT molecular complexity index is 1840. The summed E-state index contributed by atoms with van der Waals surface area (Å²) in [4.78, 5) is 0. The number of fused-ring (bicyclic) bond motifs is 9. The van der Waals surface area contributed by atoms with Crippen molar-refractivity contribution in [1.82, 2.24) is 0 Å². The predicted octanol–water partition coefficient (Wildman–Crippen LogP) is 10.1. The van der Waals surface area contributed by atoms with Crippen molar-refractivity contribution in [2.24, 2.45) is 47.3 Å². The highest BCUT2D eigenvalue weighted by molar-refractivity contribution is 5.85. The highest BCUT2D eigenvalue weighted by Crippen LogP contribution is 2.53. The predicted molar refractivity (Wildman–Crippen MR) is 180 cm³/mol. The van der Waals surface area contributed by atoms with Gasteiger partial charge in [-0.3, -0.25) is 0 Å². The maximum absolute atomic E-state index is 2.62. The number of allylic oxidation sites excluding steroid dienone is 20. The molecule has 8 atom stereocenters. The lowest BCUT2D eigenvalue weighted by molar-refractivity contribution is 0.186. The van der Waals surface area contributed by atoms with Gasteiger partial charge in [0.25, 0.3) is 0 Å². The van der Waals surface area contributed by atoms with E-state index in [1.807, 2.05) is 0 Å². The Balaban J connectivity index is 1.07. The van der Waals surface area contributed by atoms with Gasteiger partial charge in [0.15, 0.2) is 0 Å². The third-order valence-corrected chi connectivity index (χ3v) is 11.5. The van der Waals surface area contributed by atoms with E-state index in [4.69, 9.17) is 0 Å². The second-order valence-corrected chi connectivity index (χ2v) is 14.0. The average molecular weight is 555 g/mol. The highest BCUT2D eigenvalue weighted by atomic mass is 14.5. The van der Waals surface area contributed by atoms with Crippen LogP contribution in [0.5, 0.6) is 0 Å². The Kier molecular flexibility index (Phi) is 5.55.